The van der Waals surface area contributed by atoms with Crippen LogP contribution in [-0.4, -0.2) is 81.7 Å². The molecule has 0 aliphatic carbocycles. The number of amides is 1. The maximum atomic E-state index is 12.0. The van der Waals surface area contributed by atoms with Gasteiger partial charge in [0.05, 0.1) is 19.0 Å². The first-order chi connectivity index (χ1) is 18.7. The smallest absolute Gasteiger partial charge is 0.408 e. The molecule has 0 radical (unpaired) electrons. The van der Waals surface area contributed by atoms with Crippen LogP contribution < -0.4 is 14.4 Å². The average Bonchev–Trinajstić information content (AvgIpc) is 3.12. The highest BCUT2D eigenvalue weighted by Crippen LogP contribution is 2.51. The number of methoxy groups -OCH3 is 2. The zero-order chi connectivity index (χ0) is 27.8. The van der Waals surface area contributed by atoms with Gasteiger partial charge in [-0.15, -0.1) is 15.3 Å². The van der Waals surface area contributed by atoms with Crippen molar-refractivity contribution in [3.63, 3.8) is 0 Å². The first kappa shape index (κ1) is 26.6. The van der Waals surface area contributed by atoms with Gasteiger partial charge >= 0.3 is 6.09 Å². The first-order valence-corrected chi connectivity index (χ1v) is 12.9. The minimum absolute atomic E-state index is 0.0786. The molecule has 11 heteroatoms. The Bertz CT molecular complexity index is 1330. The van der Waals surface area contributed by atoms with Crippen LogP contribution in [0.3, 0.4) is 0 Å². The summed E-state index contributed by atoms with van der Waals surface area (Å²) in [6.45, 7) is 4.20. The standard InChI is InChI=1S/C28H34N6O5/c1-27-10-11-28(2,34(27)26(35)36)15-20(14-27)33(3)24-9-8-22(30-31-24)21-7-6-18(12-23(21)39-17-37-4)19-13-25(38-5)32-29-16-19/h6-9,12-13,16,20H,10-11,14-15,17H2,1-5H3,(H,35,36). The first-order valence-electron chi connectivity index (χ1n) is 12.9. The number of nitrogens with zero attached hydrogens (tertiary/aromatic N) is 6. The van der Waals surface area contributed by atoms with E-state index in [9.17, 15) is 9.90 Å². The van der Waals surface area contributed by atoms with E-state index in [1.54, 1.807) is 31.4 Å². The van der Waals surface area contributed by atoms with Crippen molar-refractivity contribution < 1.29 is 24.1 Å². The van der Waals surface area contributed by atoms with E-state index < -0.39 is 6.09 Å². The maximum Gasteiger partial charge on any atom is 0.408 e. The number of anilines is 1. The molecular formula is C28H34N6O5. The van der Waals surface area contributed by atoms with Gasteiger partial charge < -0.3 is 24.2 Å². The van der Waals surface area contributed by atoms with Gasteiger partial charge in [0.25, 0.3) is 0 Å². The Hall–Kier alpha value is -3.99. The Labute approximate surface area is 227 Å². The van der Waals surface area contributed by atoms with E-state index in [-0.39, 0.29) is 23.9 Å². The van der Waals surface area contributed by atoms with Gasteiger partial charge in [-0.3, -0.25) is 4.90 Å². The zero-order valence-electron chi connectivity index (χ0n) is 22.9. The molecule has 3 aromatic rings. The van der Waals surface area contributed by atoms with Crippen molar-refractivity contribution in [2.24, 2.45) is 0 Å². The molecule has 206 valence electrons. The van der Waals surface area contributed by atoms with Crippen LogP contribution in [-0.2, 0) is 4.74 Å². The summed E-state index contributed by atoms with van der Waals surface area (Å²) in [6, 6.07) is 11.6. The summed E-state index contributed by atoms with van der Waals surface area (Å²) in [5, 5.41) is 26.9. The number of benzene rings is 1. The van der Waals surface area contributed by atoms with Crippen LogP contribution in [0.1, 0.15) is 39.5 Å². The second kappa shape index (κ2) is 10.3. The maximum absolute atomic E-state index is 12.0. The summed E-state index contributed by atoms with van der Waals surface area (Å²) in [5.74, 6) is 1.76. The minimum atomic E-state index is -0.834. The van der Waals surface area contributed by atoms with Gasteiger partial charge in [-0.25, -0.2) is 4.79 Å². The summed E-state index contributed by atoms with van der Waals surface area (Å²) in [4.78, 5) is 15.8. The lowest BCUT2D eigenvalue weighted by Crippen LogP contribution is -2.62. The Morgan fingerprint density at radius 1 is 1.05 bits per heavy atom. The van der Waals surface area contributed by atoms with E-state index in [2.05, 4.69) is 39.1 Å². The molecule has 1 aromatic carbocycles. The number of hydrogen-bond acceptors (Lipinski definition) is 9. The lowest BCUT2D eigenvalue weighted by molar-refractivity contribution is 0.0131. The Balaban J connectivity index is 1.39. The van der Waals surface area contributed by atoms with Crippen LogP contribution in [0.25, 0.3) is 22.4 Å². The van der Waals surface area contributed by atoms with Crippen molar-refractivity contribution in [3.8, 4) is 34.0 Å². The highest BCUT2D eigenvalue weighted by molar-refractivity contribution is 5.75. The fourth-order valence-corrected chi connectivity index (χ4v) is 6.23. The third kappa shape index (κ3) is 4.94. The quantitative estimate of drug-likeness (QED) is 0.414. The third-order valence-electron chi connectivity index (χ3n) is 8.15. The molecule has 2 unspecified atom stereocenters. The Morgan fingerprint density at radius 3 is 2.41 bits per heavy atom. The third-order valence-corrected chi connectivity index (χ3v) is 8.15. The molecule has 2 atom stereocenters. The van der Waals surface area contributed by atoms with E-state index in [4.69, 9.17) is 14.2 Å². The van der Waals surface area contributed by atoms with Crippen molar-refractivity contribution in [2.75, 3.05) is 33.0 Å². The second-order valence-corrected chi connectivity index (χ2v) is 10.8. The number of fused-ring (bicyclic) bond motifs is 2. The highest BCUT2D eigenvalue weighted by atomic mass is 16.7. The summed E-state index contributed by atoms with van der Waals surface area (Å²) in [5.41, 5.74) is 2.40. The second-order valence-electron chi connectivity index (χ2n) is 10.8. The van der Waals surface area contributed by atoms with Crippen LogP contribution in [0.15, 0.2) is 42.6 Å². The fraction of sp³-hybridized carbons (Fsp3) is 0.464. The Kier molecular flexibility index (Phi) is 7.02. The van der Waals surface area contributed by atoms with Crippen LogP contribution in [0.4, 0.5) is 10.6 Å². The molecular weight excluding hydrogens is 500 g/mol. The molecule has 2 saturated heterocycles. The number of aromatic nitrogens is 4. The van der Waals surface area contributed by atoms with E-state index in [0.717, 1.165) is 48.2 Å². The van der Waals surface area contributed by atoms with Crippen LogP contribution in [0.5, 0.6) is 11.6 Å². The number of rotatable bonds is 8. The summed E-state index contributed by atoms with van der Waals surface area (Å²) < 4.78 is 16.2. The SMILES string of the molecule is COCOc1cc(-c2cnnc(OC)c2)ccc1-c1ccc(N(C)C2CC3(C)CCC(C)(C2)N3C(=O)O)nn1. The van der Waals surface area contributed by atoms with E-state index in [1.807, 2.05) is 37.4 Å². The summed E-state index contributed by atoms with van der Waals surface area (Å²) in [7, 11) is 5.13. The number of ether oxygens (including phenoxy) is 3. The number of carboxylic acid groups (broad SMARTS) is 1. The average molecular weight is 535 g/mol. The molecule has 11 nitrogen and oxygen atoms in total. The normalized spacial score (nSPS) is 23.9. The molecule has 2 bridgehead atoms. The molecule has 0 saturated carbocycles. The topological polar surface area (TPSA) is 123 Å². The van der Waals surface area contributed by atoms with Gasteiger partial charge in [0.2, 0.25) is 5.88 Å². The molecule has 39 heavy (non-hydrogen) atoms. The van der Waals surface area contributed by atoms with Crippen LogP contribution in [0, 0.1) is 0 Å². The summed E-state index contributed by atoms with van der Waals surface area (Å²) in [6.07, 6.45) is 4.07. The van der Waals surface area contributed by atoms with Gasteiger partial charge in [0.15, 0.2) is 12.6 Å². The molecule has 5 rings (SSSR count). The summed E-state index contributed by atoms with van der Waals surface area (Å²) >= 11 is 0. The van der Waals surface area contributed by atoms with E-state index in [1.165, 1.54) is 0 Å². The number of piperidine rings is 1. The highest BCUT2D eigenvalue weighted by Gasteiger charge is 2.58. The number of hydrogen-bond donors (Lipinski definition) is 1. The molecule has 2 aliphatic heterocycles. The predicted octanol–water partition coefficient (Wildman–Crippen LogP) is 4.48. The van der Waals surface area contributed by atoms with Gasteiger partial charge in [-0.05, 0) is 69.4 Å². The minimum Gasteiger partial charge on any atom is -0.480 e. The van der Waals surface area contributed by atoms with Crippen molar-refractivity contribution in [1.29, 1.82) is 0 Å². The van der Waals surface area contributed by atoms with Gasteiger partial charge in [0.1, 0.15) is 5.75 Å². The molecule has 0 spiro atoms. The van der Waals surface area contributed by atoms with Crippen molar-refractivity contribution in [1.82, 2.24) is 25.3 Å². The fourth-order valence-electron chi connectivity index (χ4n) is 6.23. The molecule has 1 amide bonds. The number of carbonyl (C=O) groups is 1. The molecule has 2 fully saturated rings. The van der Waals surface area contributed by atoms with Crippen LogP contribution >= 0.6 is 0 Å². The predicted molar refractivity (Wildman–Crippen MR) is 145 cm³/mol. The van der Waals surface area contributed by atoms with E-state index in [0.29, 0.717) is 17.3 Å². The lowest BCUT2D eigenvalue weighted by atomic mass is 9.82. The molecule has 4 heterocycles. The molecule has 2 aliphatic rings. The largest absolute Gasteiger partial charge is 0.480 e. The van der Waals surface area contributed by atoms with Gasteiger partial charge in [-0.1, -0.05) is 6.07 Å². The zero-order valence-corrected chi connectivity index (χ0v) is 22.9. The van der Waals surface area contributed by atoms with E-state index >= 15 is 0 Å². The Morgan fingerprint density at radius 2 is 1.79 bits per heavy atom. The van der Waals surface area contributed by atoms with Gasteiger partial charge in [0, 0.05) is 48.5 Å². The van der Waals surface area contributed by atoms with Crippen LogP contribution in [0.2, 0.25) is 0 Å². The van der Waals surface area contributed by atoms with Gasteiger partial charge in [-0.2, -0.15) is 5.10 Å². The molecule has 2 aromatic heterocycles. The molecule has 1 N–H and O–H groups in total. The van der Waals surface area contributed by atoms with Crippen molar-refractivity contribution >= 4 is 11.9 Å². The van der Waals surface area contributed by atoms with Crippen molar-refractivity contribution in [3.05, 3.63) is 42.6 Å². The monoisotopic (exact) mass is 534 g/mol. The van der Waals surface area contributed by atoms with Crippen molar-refractivity contribution in [2.45, 2.75) is 56.7 Å². The lowest BCUT2D eigenvalue weighted by Gasteiger charge is -2.51.